The van der Waals surface area contributed by atoms with Crippen molar-refractivity contribution in [2.45, 2.75) is 26.4 Å². The van der Waals surface area contributed by atoms with Gasteiger partial charge in [0.1, 0.15) is 0 Å². The fourth-order valence-corrected chi connectivity index (χ4v) is 2.49. The maximum Gasteiger partial charge on any atom is 0.335 e. The monoisotopic (exact) mass is 262 g/mol. The van der Waals surface area contributed by atoms with E-state index in [1.54, 1.807) is 12.1 Å². The number of nitrogens with one attached hydrogen (secondary N) is 1. The van der Waals surface area contributed by atoms with Gasteiger partial charge in [0.25, 0.3) is 0 Å². The molecule has 104 valence electrons. The van der Waals surface area contributed by atoms with Gasteiger partial charge in [-0.3, -0.25) is 4.90 Å². The second-order valence-corrected chi connectivity index (χ2v) is 5.55. The Kier molecular flexibility index (Phi) is 4.56. The summed E-state index contributed by atoms with van der Waals surface area (Å²) >= 11 is 0. The van der Waals surface area contributed by atoms with Crippen LogP contribution in [0.15, 0.2) is 24.3 Å². The predicted octanol–water partition coefficient (Wildman–Crippen LogP) is 1.81. The average molecular weight is 262 g/mol. The van der Waals surface area contributed by atoms with Crippen molar-refractivity contribution in [3.63, 3.8) is 0 Å². The molecule has 4 nitrogen and oxygen atoms in total. The van der Waals surface area contributed by atoms with Crippen LogP contribution in [0.4, 0.5) is 0 Å². The van der Waals surface area contributed by atoms with Gasteiger partial charge in [0.2, 0.25) is 0 Å². The van der Waals surface area contributed by atoms with Crippen LogP contribution in [-0.2, 0) is 6.54 Å². The summed E-state index contributed by atoms with van der Waals surface area (Å²) in [5.41, 5.74) is 1.44. The summed E-state index contributed by atoms with van der Waals surface area (Å²) in [5, 5.41) is 12.5. The third-order valence-corrected chi connectivity index (χ3v) is 3.67. The Bertz CT molecular complexity index is 446. The zero-order valence-corrected chi connectivity index (χ0v) is 11.6. The van der Waals surface area contributed by atoms with E-state index in [4.69, 9.17) is 5.11 Å². The molecule has 1 aliphatic rings. The van der Waals surface area contributed by atoms with E-state index in [2.05, 4.69) is 24.1 Å². The van der Waals surface area contributed by atoms with Crippen LogP contribution in [0.5, 0.6) is 0 Å². The van der Waals surface area contributed by atoms with Crippen molar-refractivity contribution in [3.8, 4) is 0 Å². The molecule has 19 heavy (non-hydrogen) atoms. The van der Waals surface area contributed by atoms with E-state index in [1.165, 1.54) is 0 Å². The molecule has 4 heteroatoms. The van der Waals surface area contributed by atoms with E-state index in [9.17, 15) is 4.79 Å². The van der Waals surface area contributed by atoms with E-state index in [1.807, 2.05) is 12.1 Å². The van der Waals surface area contributed by atoms with Gasteiger partial charge in [-0.2, -0.15) is 0 Å². The van der Waals surface area contributed by atoms with Crippen molar-refractivity contribution in [1.29, 1.82) is 0 Å². The van der Waals surface area contributed by atoms with Gasteiger partial charge in [-0.1, -0.05) is 26.0 Å². The number of hydrogen-bond donors (Lipinski definition) is 2. The van der Waals surface area contributed by atoms with Gasteiger partial charge in [-0.05, 0) is 23.6 Å². The van der Waals surface area contributed by atoms with Gasteiger partial charge in [0.05, 0.1) is 5.56 Å². The standard InChI is InChI=1S/C15H22N2O2/c1-11(2)14-10-17(7-6-16-14)9-12-4-3-5-13(8-12)15(18)19/h3-5,8,11,14,16H,6-7,9-10H2,1-2H3,(H,18,19)/t14-/m1/s1. The van der Waals surface area contributed by atoms with Crippen molar-refractivity contribution < 1.29 is 9.90 Å². The lowest BCUT2D eigenvalue weighted by Gasteiger charge is -2.35. The maximum atomic E-state index is 11.0. The zero-order chi connectivity index (χ0) is 13.8. The fourth-order valence-electron chi connectivity index (χ4n) is 2.49. The first kappa shape index (κ1) is 14.0. The summed E-state index contributed by atoms with van der Waals surface area (Å²) in [4.78, 5) is 13.4. The number of carbonyl (C=O) groups is 1. The van der Waals surface area contributed by atoms with E-state index >= 15 is 0 Å². The molecule has 2 rings (SSSR count). The Hall–Kier alpha value is -1.39. The van der Waals surface area contributed by atoms with Crippen LogP contribution in [0.2, 0.25) is 0 Å². The molecule has 1 aliphatic heterocycles. The first-order valence-electron chi connectivity index (χ1n) is 6.84. The highest BCUT2D eigenvalue weighted by molar-refractivity contribution is 5.87. The molecule has 0 amide bonds. The lowest BCUT2D eigenvalue weighted by atomic mass is 10.0. The molecule has 0 aliphatic carbocycles. The quantitative estimate of drug-likeness (QED) is 0.869. The SMILES string of the molecule is CC(C)[C@H]1CN(Cc2cccc(C(=O)O)c2)CCN1. The topological polar surface area (TPSA) is 52.6 Å². The number of benzene rings is 1. The van der Waals surface area contributed by atoms with Crippen molar-refractivity contribution in [2.24, 2.45) is 5.92 Å². The van der Waals surface area contributed by atoms with Crippen molar-refractivity contribution in [1.82, 2.24) is 10.2 Å². The van der Waals surface area contributed by atoms with Gasteiger partial charge < -0.3 is 10.4 Å². The normalized spacial score (nSPS) is 20.7. The summed E-state index contributed by atoms with van der Waals surface area (Å²) in [6, 6.07) is 7.76. The molecule has 1 fully saturated rings. The van der Waals surface area contributed by atoms with Crippen molar-refractivity contribution >= 4 is 5.97 Å². The molecular weight excluding hydrogens is 240 g/mol. The van der Waals surface area contributed by atoms with Gasteiger partial charge >= 0.3 is 5.97 Å². The zero-order valence-electron chi connectivity index (χ0n) is 11.6. The highest BCUT2D eigenvalue weighted by atomic mass is 16.4. The van der Waals surface area contributed by atoms with Gasteiger partial charge in [-0.25, -0.2) is 4.79 Å². The van der Waals surface area contributed by atoms with Gasteiger partial charge in [-0.15, -0.1) is 0 Å². The second kappa shape index (κ2) is 6.17. The molecule has 0 spiro atoms. The highest BCUT2D eigenvalue weighted by Crippen LogP contribution is 2.13. The third kappa shape index (κ3) is 3.78. The van der Waals surface area contributed by atoms with Gasteiger partial charge in [0, 0.05) is 32.2 Å². The highest BCUT2D eigenvalue weighted by Gasteiger charge is 2.21. The smallest absolute Gasteiger partial charge is 0.335 e. The minimum absolute atomic E-state index is 0.369. The Morgan fingerprint density at radius 1 is 1.53 bits per heavy atom. The van der Waals surface area contributed by atoms with E-state index < -0.39 is 5.97 Å². The molecule has 1 aromatic rings. The van der Waals surface area contributed by atoms with E-state index in [-0.39, 0.29) is 0 Å². The molecule has 1 atom stereocenters. The molecule has 0 saturated carbocycles. The first-order valence-corrected chi connectivity index (χ1v) is 6.84. The number of carboxylic acid groups (broad SMARTS) is 1. The minimum atomic E-state index is -0.859. The summed E-state index contributed by atoms with van der Waals surface area (Å²) in [6.45, 7) is 8.32. The molecule has 0 radical (unpaired) electrons. The van der Waals surface area contributed by atoms with E-state index in [0.717, 1.165) is 31.7 Å². The molecule has 0 unspecified atom stereocenters. The fraction of sp³-hybridized carbons (Fsp3) is 0.533. The number of nitrogens with zero attached hydrogens (tertiary/aromatic N) is 1. The molecule has 1 heterocycles. The Morgan fingerprint density at radius 3 is 3.00 bits per heavy atom. The Labute approximate surface area is 114 Å². The lowest BCUT2D eigenvalue weighted by Crippen LogP contribution is -2.52. The second-order valence-electron chi connectivity index (χ2n) is 5.55. The number of aromatic carboxylic acids is 1. The summed E-state index contributed by atoms with van der Waals surface area (Å²) in [7, 11) is 0. The maximum absolute atomic E-state index is 11.0. The predicted molar refractivity (Wildman–Crippen MR) is 75.3 cm³/mol. The van der Waals surface area contributed by atoms with Crippen LogP contribution < -0.4 is 5.32 Å². The summed E-state index contributed by atoms with van der Waals surface area (Å²) in [6.07, 6.45) is 0. The summed E-state index contributed by atoms with van der Waals surface area (Å²) in [5.74, 6) is -0.240. The minimum Gasteiger partial charge on any atom is -0.478 e. The van der Waals surface area contributed by atoms with E-state index in [0.29, 0.717) is 17.5 Å². The van der Waals surface area contributed by atoms with Crippen LogP contribution in [0, 0.1) is 5.92 Å². The lowest BCUT2D eigenvalue weighted by molar-refractivity contribution is 0.0696. The Balaban J connectivity index is 2.00. The third-order valence-electron chi connectivity index (χ3n) is 3.67. The van der Waals surface area contributed by atoms with Crippen LogP contribution in [0.3, 0.4) is 0 Å². The Morgan fingerprint density at radius 2 is 2.32 bits per heavy atom. The number of rotatable bonds is 4. The van der Waals surface area contributed by atoms with Gasteiger partial charge in [0.15, 0.2) is 0 Å². The molecular formula is C15H22N2O2. The number of piperazine rings is 1. The summed E-state index contributed by atoms with van der Waals surface area (Å²) < 4.78 is 0. The largest absolute Gasteiger partial charge is 0.478 e. The van der Waals surface area contributed by atoms with Crippen LogP contribution >= 0.6 is 0 Å². The first-order chi connectivity index (χ1) is 9.06. The van der Waals surface area contributed by atoms with Crippen LogP contribution in [0.1, 0.15) is 29.8 Å². The molecule has 1 saturated heterocycles. The van der Waals surface area contributed by atoms with Crippen molar-refractivity contribution in [2.75, 3.05) is 19.6 Å². The van der Waals surface area contributed by atoms with Crippen molar-refractivity contribution in [3.05, 3.63) is 35.4 Å². The van der Waals surface area contributed by atoms with Crippen LogP contribution in [0.25, 0.3) is 0 Å². The molecule has 0 aromatic heterocycles. The number of carboxylic acids is 1. The average Bonchev–Trinajstić information content (AvgIpc) is 2.39. The molecule has 0 bridgehead atoms. The molecule has 2 N–H and O–H groups in total. The van der Waals surface area contributed by atoms with Crippen LogP contribution in [-0.4, -0.2) is 41.7 Å². The number of hydrogen-bond acceptors (Lipinski definition) is 3. The molecule has 1 aromatic carbocycles.